The summed E-state index contributed by atoms with van der Waals surface area (Å²) in [5.74, 6) is 0.965. The number of ether oxygens (including phenoxy) is 1. The van der Waals surface area contributed by atoms with Gasteiger partial charge in [0.25, 0.3) is 0 Å². The zero-order chi connectivity index (χ0) is 12.4. The monoisotopic (exact) mass is 376 g/mol. The van der Waals surface area contributed by atoms with E-state index in [9.17, 15) is 0 Å². The van der Waals surface area contributed by atoms with E-state index in [1.165, 1.54) is 0 Å². The second-order valence-electron chi connectivity index (χ2n) is 3.22. The van der Waals surface area contributed by atoms with Gasteiger partial charge in [0, 0.05) is 15.7 Å². The number of nitrogen functional groups attached to an aromatic ring is 1. The molecule has 0 atom stereocenters. The molecule has 3 nitrogen and oxygen atoms in total. The first-order valence-corrected chi connectivity index (χ1v) is 6.56. The molecule has 0 spiro atoms. The maximum atomic E-state index is 5.84. The first kappa shape index (κ1) is 12.7. The van der Waals surface area contributed by atoms with Gasteiger partial charge in [-0.15, -0.1) is 0 Å². The van der Waals surface area contributed by atoms with E-state index >= 15 is 0 Å². The van der Waals surface area contributed by atoms with Crippen molar-refractivity contribution in [3.05, 3.63) is 44.4 Å². The SMILES string of the molecule is Nc1cc(Br)cnc1Oc1ccc(Cl)cc1Br. The van der Waals surface area contributed by atoms with Crippen LogP contribution in [0.4, 0.5) is 5.69 Å². The van der Waals surface area contributed by atoms with Crippen molar-refractivity contribution >= 4 is 49.1 Å². The molecule has 88 valence electrons. The summed E-state index contributed by atoms with van der Waals surface area (Å²) in [7, 11) is 0. The average molecular weight is 378 g/mol. The average Bonchev–Trinajstić information content (AvgIpc) is 2.25. The van der Waals surface area contributed by atoms with Crippen LogP contribution in [0, 0.1) is 0 Å². The summed E-state index contributed by atoms with van der Waals surface area (Å²) in [4.78, 5) is 4.09. The number of rotatable bonds is 2. The molecular weight excluding hydrogens is 371 g/mol. The third-order valence-corrected chi connectivity index (χ3v) is 3.23. The third kappa shape index (κ3) is 3.12. The number of hydrogen-bond donors (Lipinski definition) is 1. The van der Waals surface area contributed by atoms with Gasteiger partial charge in [-0.05, 0) is 56.1 Å². The van der Waals surface area contributed by atoms with Crippen LogP contribution in [0.2, 0.25) is 5.02 Å². The minimum absolute atomic E-state index is 0.358. The molecule has 2 N–H and O–H groups in total. The molecule has 0 saturated carbocycles. The number of hydrogen-bond acceptors (Lipinski definition) is 3. The van der Waals surface area contributed by atoms with Crippen molar-refractivity contribution in [1.29, 1.82) is 0 Å². The lowest BCUT2D eigenvalue weighted by Crippen LogP contribution is -1.95. The second-order valence-corrected chi connectivity index (χ2v) is 5.43. The number of anilines is 1. The Kier molecular flexibility index (Phi) is 3.91. The lowest BCUT2D eigenvalue weighted by molar-refractivity contribution is 0.462. The topological polar surface area (TPSA) is 48.1 Å². The molecule has 1 heterocycles. The summed E-state index contributed by atoms with van der Waals surface area (Å²) in [5, 5.41) is 0.626. The van der Waals surface area contributed by atoms with Gasteiger partial charge in [0.2, 0.25) is 5.88 Å². The first-order valence-electron chi connectivity index (χ1n) is 4.60. The van der Waals surface area contributed by atoms with Crippen LogP contribution < -0.4 is 10.5 Å². The van der Waals surface area contributed by atoms with Crippen LogP contribution in [0.15, 0.2) is 39.4 Å². The predicted octanol–water partition coefficient (Wildman–Crippen LogP) is 4.63. The van der Waals surface area contributed by atoms with E-state index < -0.39 is 0 Å². The molecule has 0 bridgehead atoms. The molecule has 17 heavy (non-hydrogen) atoms. The molecule has 0 unspecified atom stereocenters. The van der Waals surface area contributed by atoms with Gasteiger partial charge >= 0.3 is 0 Å². The zero-order valence-corrected chi connectivity index (χ0v) is 12.4. The highest BCUT2D eigenvalue weighted by atomic mass is 79.9. The van der Waals surface area contributed by atoms with Gasteiger partial charge in [-0.1, -0.05) is 11.6 Å². The largest absolute Gasteiger partial charge is 0.436 e. The minimum Gasteiger partial charge on any atom is -0.436 e. The van der Waals surface area contributed by atoms with Crippen LogP contribution in [0.1, 0.15) is 0 Å². The van der Waals surface area contributed by atoms with E-state index in [0.717, 1.165) is 8.95 Å². The smallest absolute Gasteiger partial charge is 0.242 e. The van der Waals surface area contributed by atoms with E-state index in [-0.39, 0.29) is 0 Å². The van der Waals surface area contributed by atoms with E-state index in [4.69, 9.17) is 22.1 Å². The highest BCUT2D eigenvalue weighted by Crippen LogP contribution is 2.33. The van der Waals surface area contributed by atoms with Gasteiger partial charge in [-0.2, -0.15) is 0 Å². The third-order valence-electron chi connectivity index (χ3n) is 1.95. The van der Waals surface area contributed by atoms with E-state index in [2.05, 4.69) is 36.8 Å². The molecule has 0 radical (unpaired) electrons. The van der Waals surface area contributed by atoms with Gasteiger partial charge in [0.15, 0.2) is 0 Å². The van der Waals surface area contributed by atoms with E-state index in [0.29, 0.717) is 22.3 Å². The Morgan fingerprint density at radius 1 is 1.24 bits per heavy atom. The van der Waals surface area contributed by atoms with Crippen LogP contribution in [0.3, 0.4) is 0 Å². The quantitative estimate of drug-likeness (QED) is 0.829. The molecule has 2 aromatic rings. The van der Waals surface area contributed by atoms with Crippen molar-refractivity contribution < 1.29 is 4.74 Å². The van der Waals surface area contributed by atoms with Crippen molar-refractivity contribution in [2.45, 2.75) is 0 Å². The minimum atomic E-state index is 0.358. The van der Waals surface area contributed by atoms with E-state index in [1.54, 1.807) is 30.5 Å². The van der Waals surface area contributed by atoms with Crippen LogP contribution >= 0.6 is 43.5 Å². The summed E-state index contributed by atoms with van der Waals surface area (Å²) in [6.07, 6.45) is 1.62. The predicted molar refractivity (Wildman–Crippen MR) is 75.6 cm³/mol. The number of halogens is 3. The standard InChI is InChI=1S/C11H7Br2ClN2O/c12-6-3-9(15)11(16-5-6)17-10-2-1-7(14)4-8(10)13/h1-5H,15H2. The Morgan fingerprint density at radius 2 is 2.00 bits per heavy atom. The lowest BCUT2D eigenvalue weighted by Gasteiger charge is -2.09. The van der Waals surface area contributed by atoms with Crippen molar-refractivity contribution in [1.82, 2.24) is 4.98 Å². The number of pyridine rings is 1. The summed E-state index contributed by atoms with van der Waals surface area (Å²) >= 11 is 12.5. The van der Waals surface area contributed by atoms with Crippen molar-refractivity contribution in [3.63, 3.8) is 0 Å². The highest BCUT2D eigenvalue weighted by molar-refractivity contribution is 9.10. The maximum Gasteiger partial charge on any atom is 0.242 e. The maximum absolute atomic E-state index is 5.84. The molecule has 0 aliphatic heterocycles. The molecule has 0 aliphatic rings. The fourth-order valence-corrected chi connectivity index (χ4v) is 2.30. The Labute approximate surface area is 120 Å². The number of nitrogens with zero attached hydrogens (tertiary/aromatic N) is 1. The fourth-order valence-electron chi connectivity index (χ4n) is 1.19. The highest BCUT2D eigenvalue weighted by Gasteiger charge is 2.07. The summed E-state index contributed by atoms with van der Waals surface area (Å²) in [5.41, 5.74) is 6.25. The molecule has 1 aromatic heterocycles. The number of aromatic nitrogens is 1. The van der Waals surface area contributed by atoms with Crippen LogP contribution in [-0.4, -0.2) is 4.98 Å². The molecule has 0 amide bonds. The van der Waals surface area contributed by atoms with Crippen molar-refractivity contribution in [3.8, 4) is 11.6 Å². The Bertz CT molecular complexity index is 514. The van der Waals surface area contributed by atoms with Gasteiger partial charge < -0.3 is 10.5 Å². The van der Waals surface area contributed by atoms with Gasteiger partial charge in [-0.3, -0.25) is 0 Å². The second kappa shape index (κ2) is 5.25. The van der Waals surface area contributed by atoms with Gasteiger partial charge in [-0.25, -0.2) is 4.98 Å². The molecule has 2 rings (SSSR count). The van der Waals surface area contributed by atoms with Gasteiger partial charge in [0.05, 0.1) is 10.2 Å². The van der Waals surface area contributed by atoms with Crippen LogP contribution in [0.5, 0.6) is 11.6 Å². The molecule has 0 saturated heterocycles. The van der Waals surface area contributed by atoms with Gasteiger partial charge in [0.1, 0.15) is 5.75 Å². The number of benzene rings is 1. The van der Waals surface area contributed by atoms with Crippen molar-refractivity contribution in [2.24, 2.45) is 0 Å². The lowest BCUT2D eigenvalue weighted by atomic mass is 10.3. The Balaban J connectivity index is 2.31. The normalized spacial score (nSPS) is 10.3. The van der Waals surface area contributed by atoms with E-state index in [1.807, 2.05) is 0 Å². The van der Waals surface area contributed by atoms with Crippen LogP contribution in [0.25, 0.3) is 0 Å². The summed E-state index contributed by atoms with van der Waals surface area (Å²) < 4.78 is 7.14. The summed E-state index contributed by atoms with van der Waals surface area (Å²) in [6.45, 7) is 0. The molecular formula is C11H7Br2ClN2O. The fraction of sp³-hybridized carbons (Fsp3) is 0. The first-order chi connectivity index (χ1) is 8.06. The Hall–Kier alpha value is -0.780. The molecule has 1 aromatic carbocycles. The van der Waals surface area contributed by atoms with Crippen molar-refractivity contribution in [2.75, 3.05) is 5.73 Å². The number of nitrogens with two attached hydrogens (primary N) is 1. The Morgan fingerprint density at radius 3 is 2.65 bits per heavy atom. The zero-order valence-electron chi connectivity index (χ0n) is 8.45. The molecule has 6 heteroatoms. The molecule has 0 fully saturated rings. The van der Waals surface area contributed by atoms with Crippen LogP contribution in [-0.2, 0) is 0 Å². The molecule has 0 aliphatic carbocycles. The summed E-state index contributed by atoms with van der Waals surface area (Å²) in [6, 6.07) is 6.95.